The van der Waals surface area contributed by atoms with Gasteiger partial charge in [-0.2, -0.15) is 0 Å². The van der Waals surface area contributed by atoms with Gasteiger partial charge in [0.2, 0.25) is 0 Å². The maximum atomic E-state index is 3.44. The van der Waals surface area contributed by atoms with E-state index >= 15 is 0 Å². The van der Waals surface area contributed by atoms with Crippen LogP contribution in [-0.2, 0) is 0 Å². The third-order valence-electron chi connectivity index (χ3n) is 6.31. The van der Waals surface area contributed by atoms with Crippen LogP contribution in [0.5, 0.6) is 0 Å². The summed E-state index contributed by atoms with van der Waals surface area (Å²) in [5, 5.41) is 1.24. The number of hydrogen-bond acceptors (Lipinski definition) is 0. The zero-order valence-corrected chi connectivity index (χ0v) is 18.2. The van der Waals surface area contributed by atoms with Gasteiger partial charge in [-0.15, -0.1) is 0 Å². The Labute approximate surface area is 194 Å². The lowest BCUT2D eigenvalue weighted by Gasteiger charge is -2.07. The predicted molar refractivity (Wildman–Crippen MR) is 140 cm³/mol. The van der Waals surface area contributed by atoms with E-state index in [1.807, 2.05) is 0 Å². The quantitative estimate of drug-likeness (QED) is 0.293. The molecular weight excluding hydrogens is 398 g/mol. The van der Waals surface area contributed by atoms with Crippen molar-refractivity contribution < 1.29 is 0 Å². The molecule has 0 atom stereocenters. The summed E-state index contributed by atoms with van der Waals surface area (Å²) in [6, 6.07) is 45.4. The minimum Gasteiger partial charge on any atom is -0.361 e. The Kier molecular flexibility index (Phi) is 4.86. The Hall–Kier alpha value is -4.36. The Morgan fingerprint density at radius 2 is 0.788 bits per heavy atom. The summed E-state index contributed by atoms with van der Waals surface area (Å²) in [7, 11) is 0. The minimum absolute atomic E-state index is 1.15. The van der Waals surface area contributed by atoms with Crippen molar-refractivity contribution in [2.24, 2.45) is 0 Å². The molecule has 1 heterocycles. The average Bonchev–Trinajstić information content (AvgIpc) is 3.33. The van der Waals surface area contributed by atoms with Crippen LogP contribution in [0.3, 0.4) is 0 Å². The maximum absolute atomic E-state index is 3.44. The molecule has 0 aliphatic rings. The summed E-state index contributed by atoms with van der Waals surface area (Å²) in [6.07, 6.45) is 2.12. The van der Waals surface area contributed by atoms with E-state index in [-0.39, 0.29) is 0 Å². The molecule has 156 valence electrons. The molecule has 1 nitrogen and oxygen atoms in total. The summed E-state index contributed by atoms with van der Waals surface area (Å²) in [5.41, 5.74) is 11.0. The average molecular weight is 422 g/mol. The second-order valence-electron chi connectivity index (χ2n) is 8.35. The summed E-state index contributed by atoms with van der Waals surface area (Å²) in [4.78, 5) is 3.44. The highest BCUT2D eigenvalue weighted by molar-refractivity contribution is 5.98. The van der Waals surface area contributed by atoms with Gasteiger partial charge in [-0.25, -0.2) is 0 Å². The van der Waals surface area contributed by atoms with E-state index in [1.54, 1.807) is 0 Å². The lowest BCUT2D eigenvalue weighted by Crippen LogP contribution is -1.82. The standard InChI is InChI=1S/C32H23N/c1-3-7-23(8-4-1)25-11-13-27(14-12-25)29-19-20-32-30(21-29)31(22-33-32)28-17-15-26(16-18-28)24-9-5-2-6-10-24/h1-22,33H. The van der Waals surface area contributed by atoms with Crippen LogP contribution in [0.4, 0.5) is 0 Å². The molecule has 1 N–H and O–H groups in total. The molecule has 0 amide bonds. The van der Waals surface area contributed by atoms with Crippen molar-refractivity contribution >= 4 is 10.9 Å². The van der Waals surface area contributed by atoms with Crippen molar-refractivity contribution in [1.29, 1.82) is 0 Å². The highest BCUT2D eigenvalue weighted by Crippen LogP contribution is 2.34. The molecule has 0 spiro atoms. The van der Waals surface area contributed by atoms with Crippen LogP contribution in [-0.4, -0.2) is 4.98 Å². The van der Waals surface area contributed by atoms with Crippen LogP contribution in [0, 0.1) is 0 Å². The second kappa shape index (κ2) is 8.29. The summed E-state index contributed by atoms with van der Waals surface area (Å²) in [6.45, 7) is 0. The molecule has 0 saturated heterocycles. The lowest BCUT2D eigenvalue weighted by atomic mass is 9.97. The van der Waals surface area contributed by atoms with Crippen molar-refractivity contribution in [2.75, 3.05) is 0 Å². The number of benzene rings is 5. The van der Waals surface area contributed by atoms with Crippen LogP contribution in [0.2, 0.25) is 0 Å². The Bertz CT molecular complexity index is 1510. The van der Waals surface area contributed by atoms with E-state index in [1.165, 1.54) is 49.9 Å². The number of hydrogen-bond donors (Lipinski definition) is 1. The number of fused-ring (bicyclic) bond motifs is 1. The van der Waals surface area contributed by atoms with Gasteiger partial charge in [0.05, 0.1) is 0 Å². The van der Waals surface area contributed by atoms with Gasteiger partial charge < -0.3 is 4.98 Å². The van der Waals surface area contributed by atoms with E-state index in [0.717, 1.165) is 5.52 Å². The van der Waals surface area contributed by atoms with Crippen LogP contribution in [0.25, 0.3) is 55.4 Å². The van der Waals surface area contributed by atoms with Gasteiger partial charge in [-0.3, -0.25) is 0 Å². The van der Waals surface area contributed by atoms with E-state index in [0.29, 0.717) is 0 Å². The first-order valence-corrected chi connectivity index (χ1v) is 11.3. The summed E-state index contributed by atoms with van der Waals surface area (Å²) >= 11 is 0. The fourth-order valence-corrected chi connectivity index (χ4v) is 4.50. The predicted octanol–water partition coefficient (Wildman–Crippen LogP) is 8.84. The molecule has 0 saturated carbocycles. The fraction of sp³-hybridized carbons (Fsp3) is 0. The van der Waals surface area contributed by atoms with Crippen LogP contribution >= 0.6 is 0 Å². The normalized spacial score (nSPS) is 11.0. The van der Waals surface area contributed by atoms with Gasteiger partial charge in [-0.05, 0) is 51.1 Å². The van der Waals surface area contributed by atoms with Gasteiger partial charge >= 0.3 is 0 Å². The number of aromatic nitrogens is 1. The van der Waals surface area contributed by atoms with Crippen molar-refractivity contribution in [3.63, 3.8) is 0 Å². The number of nitrogens with one attached hydrogen (secondary N) is 1. The summed E-state index contributed by atoms with van der Waals surface area (Å²) in [5.74, 6) is 0. The van der Waals surface area contributed by atoms with Gasteiger partial charge in [0.1, 0.15) is 0 Å². The molecular formula is C32H23N. The maximum Gasteiger partial charge on any atom is 0.0460 e. The van der Waals surface area contributed by atoms with E-state index in [9.17, 15) is 0 Å². The topological polar surface area (TPSA) is 15.8 Å². The van der Waals surface area contributed by atoms with Gasteiger partial charge in [0.25, 0.3) is 0 Å². The molecule has 6 aromatic rings. The molecule has 0 unspecified atom stereocenters. The lowest BCUT2D eigenvalue weighted by molar-refractivity contribution is 1.47. The van der Waals surface area contributed by atoms with Crippen LogP contribution in [0.1, 0.15) is 0 Å². The molecule has 33 heavy (non-hydrogen) atoms. The molecule has 1 aromatic heterocycles. The van der Waals surface area contributed by atoms with E-state index < -0.39 is 0 Å². The Morgan fingerprint density at radius 1 is 0.364 bits per heavy atom. The molecule has 0 aliphatic carbocycles. The molecule has 1 heteroatoms. The van der Waals surface area contributed by atoms with E-state index in [4.69, 9.17) is 0 Å². The van der Waals surface area contributed by atoms with Crippen molar-refractivity contribution in [2.45, 2.75) is 0 Å². The van der Waals surface area contributed by atoms with Gasteiger partial charge in [0.15, 0.2) is 0 Å². The van der Waals surface area contributed by atoms with Crippen LogP contribution < -0.4 is 0 Å². The van der Waals surface area contributed by atoms with E-state index in [2.05, 4.69) is 139 Å². The molecule has 0 bridgehead atoms. The highest BCUT2D eigenvalue weighted by atomic mass is 14.7. The second-order valence-corrected chi connectivity index (χ2v) is 8.35. The van der Waals surface area contributed by atoms with Crippen LogP contribution in [0.15, 0.2) is 134 Å². The van der Waals surface area contributed by atoms with Crippen molar-refractivity contribution in [1.82, 2.24) is 4.98 Å². The largest absolute Gasteiger partial charge is 0.361 e. The molecule has 0 radical (unpaired) electrons. The van der Waals surface area contributed by atoms with Gasteiger partial charge in [0, 0.05) is 22.7 Å². The first-order valence-electron chi connectivity index (χ1n) is 11.3. The minimum atomic E-state index is 1.15. The Balaban J connectivity index is 1.34. The zero-order valence-electron chi connectivity index (χ0n) is 18.2. The highest BCUT2D eigenvalue weighted by Gasteiger charge is 2.09. The first-order chi connectivity index (χ1) is 16.3. The number of H-pyrrole nitrogens is 1. The number of aromatic amines is 1. The molecule has 6 rings (SSSR count). The molecule has 0 fully saturated rings. The third kappa shape index (κ3) is 3.75. The SMILES string of the molecule is c1ccc(-c2ccc(-c3ccc4[nH]cc(-c5ccc(-c6ccccc6)cc5)c4c3)cc2)cc1. The number of rotatable bonds is 4. The third-order valence-corrected chi connectivity index (χ3v) is 6.31. The van der Waals surface area contributed by atoms with Crippen molar-refractivity contribution in [3.8, 4) is 44.5 Å². The van der Waals surface area contributed by atoms with Crippen molar-refractivity contribution in [3.05, 3.63) is 134 Å². The fourth-order valence-electron chi connectivity index (χ4n) is 4.50. The molecule has 5 aromatic carbocycles. The Morgan fingerprint density at radius 3 is 1.33 bits per heavy atom. The smallest absolute Gasteiger partial charge is 0.0460 e. The molecule has 0 aliphatic heterocycles. The zero-order chi connectivity index (χ0) is 22.0. The first kappa shape index (κ1) is 19.3. The summed E-state index contributed by atoms with van der Waals surface area (Å²) < 4.78 is 0. The monoisotopic (exact) mass is 421 g/mol. The van der Waals surface area contributed by atoms with Gasteiger partial charge in [-0.1, -0.05) is 115 Å².